The van der Waals surface area contributed by atoms with Crippen LogP contribution in [0.2, 0.25) is 0 Å². The maximum absolute atomic E-state index is 12.8. The van der Waals surface area contributed by atoms with Crippen molar-refractivity contribution >= 4 is 6.03 Å². The van der Waals surface area contributed by atoms with E-state index in [0.29, 0.717) is 6.61 Å². The average molecular weight is 358 g/mol. The summed E-state index contributed by atoms with van der Waals surface area (Å²) in [5.41, 5.74) is 2.22. The summed E-state index contributed by atoms with van der Waals surface area (Å²) in [4.78, 5) is 12.8. The number of hydrogen-bond acceptors (Lipinski definition) is 3. The molecule has 1 aromatic carbocycles. The minimum absolute atomic E-state index is 0.0571. The molecule has 2 heterocycles. The largest absolute Gasteiger partial charge is 0.381 e. The van der Waals surface area contributed by atoms with Gasteiger partial charge in [0.2, 0.25) is 0 Å². The summed E-state index contributed by atoms with van der Waals surface area (Å²) < 4.78 is 11.6. The Labute approximate surface area is 155 Å². The summed E-state index contributed by atoms with van der Waals surface area (Å²) in [5.74, 6) is 0. The first-order chi connectivity index (χ1) is 12.6. The third-order valence-corrected chi connectivity index (χ3v) is 6.36. The zero-order valence-corrected chi connectivity index (χ0v) is 15.7. The van der Waals surface area contributed by atoms with Crippen molar-refractivity contribution in [2.24, 2.45) is 0 Å². The molecule has 5 nitrogen and oxygen atoms in total. The molecule has 1 aromatic rings. The van der Waals surface area contributed by atoms with E-state index >= 15 is 0 Å². The van der Waals surface area contributed by atoms with Gasteiger partial charge in [0.15, 0.2) is 0 Å². The highest BCUT2D eigenvalue weighted by Gasteiger charge is 2.40. The minimum Gasteiger partial charge on any atom is -0.381 e. The van der Waals surface area contributed by atoms with Crippen LogP contribution < -0.4 is 10.6 Å². The van der Waals surface area contributed by atoms with Crippen LogP contribution in [0.15, 0.2) is 24.3 Å². The molecule has 2 N–H and O–H groups in total. The van der Waals surface area contributed by atoms with Crippen LogP contribution in [-0.2, 0) is 21.4 Å². The molecule has 1 aliphatic carbocycles. The SMILES string of the molecule is CC1(NC(=O)NC2CCOC3(CCOCC3)C2)CCCc2ccccc21. The molecule has 0 bridgehead atoms. The van der Waals surface area contributed by atoms with Gasteiger partial charge < -0.3 is 20.1 Å². The molecule has 142 valence electrons. The number of carbonyl (C=O) groups is 1. The van der Waals surface area contributed by atoms with Gasteiger partial charge in [-0.05, 0) is 63.0 Å². The van der Waals surface area contributed by atoms with Crippen molar-refractivity contribution in [2.45, 2.75) is 69.1 Å². The minimum atomic E-state index is -0.291. The molecule has 2 unspecified atom stereocenters. The summed E-state index contributed by atoms with van der Waals surface area (Å²) in [5, 5.41) is 6.50. The van der Waals surface area contributed by atoms with E-state index < -0.39 is 0 Å². The Morgan fingerprint density at radius 1 is 1.15 bits per heavy atom. The summed E-state index contributed by atoms with van der Waals surface area (Å²) in [7, 11) is 0. The molecule has 5 heteroatoms. The lowest BCUT2D eigenvalue weighted by atomic mass is 9.78. The van der Waals surface area contributed by atoms with E-state index in [4.69, 9.17) is 9.47 Å². The second-order valence-corrected chi connectivity index (χ2v) is 8.27. The molecule has 2 saturated heterocycles. The van der Waals surface area contributed by atoms with Crippen LogP contribution in [0, 0.1) is 0 Å². The van der Waals surface area contributed by atoms with Crippen LogP contribution in [0.5, 0.6) is 0 Å². The van der Waals surface area contributed by atoms with E-state index in [-0.39, 0.29) is 23.2 Å². The molecule has 2 atom stereocenters. The van der Waals surface area contributed by atoms with Gasteiger partial charge in [-0.15, -0.1) is 0 Å². The number of benzene rings is 1. The van der Waals surface area contributed by atoms with Crippen LogP contribution in [0.3, 0.4) is 0 Å². The maximum Gasteiger partial charge on any atom is 0.315 e. The molecule has 26 heavy (non-hydrogen) atoms. The molecular weight excluding hydrogens is 328 g/mol. The fourth-order valence-corrected chi connectivity index (χ4v) is 4.89. The van der Waals surface area contributed by atoms with E-state index in [1.165, 1.54) is 11.1 Å². The molecule has 2 fully saturated rings. The Morgan fingerprint density at radius 2 is 1.96 bits per heavy atom. The Bertz CT molecular complexity index is 651. The van der Waals surface area contributed by atoms with Crippen molar-refractivity contribution in [2.75, 3.05) is 19.8 Å². The Kier molecular flexibility index (Phi) is 4.93. The van der Waals surface area contributed by atoms with Gasteiger partial charge >= 0.3 is 6.03 Å². The van der Waals surface area contributed by atoms with E-state index in [0.717, 1.165) is 58.2 Å². The van der Waals surface area contributed by atoms with Gasteiger partial charge in [-0.1, -0.05) is 24.3 Å². The monoisotopic (exact) mass is 358 g/mol. The number of amides is 2. The molecule has 2 aliphatic heterocycles. The smallest absolute Gasteiger partial charge is 0.315 e. The van der Waals surface area contributed by atoms with Crippen molar-refractivity contribution in [3.05, 3.63) is 35.4 Å². The molecule has 2 amide bonds. The van der Waals surface area contributed by atoms with Crippen LogP contribution in [-0.4, -0.2) is 37.5 Å². The number of nitrogens with one attached hydrogen (secondary N) is 2. The van der Waals surface area contributed by atoms with Gasteiger partial charge in [0.25, 0.3) is 0 Å². The Hall–Kier alpha value is -1.59. The number of rotatable bonds is 2. The van der Waals surface area contributed by atoms with Gasteiger partial charge in [-0.3, -0.25) is 0 Å². The van der Waals surface area contributed by atoms with E-state index in [1.54, 1.807) is 0 Å². The fourth-order valence-electron chi connectivity index (χ4n) is 4.89. The van der Waals surface area contributed by atoms with E-state index in [2.05, 4.69) is 41.8 Å². The molecule has 0 saturated carbocycles. The number of carbonyl (C=O) groups excluding carboxylic acids is 1. The zero-order chi connectivity index (χ0) is 18.0. The highest BCUT2D eigenvalue weighted by Crippen LogP contribution is 2.36. The van der Waals surface area contributed by atoms with Crippen molar-refractivity contribution in [3.8, 4) is 0 Å². The molecule has 0 radical (unpaired) electrons. The zero-order valence-electron chi connectivity index (χ0n) is 15.7. The first kappa shape index (κ1) is 17.8. The van der Waals surface area contributed by atoms with Crippen molar-refractivity contribution in [3.63, 3.8) is 0 Å². The second kappa shape index (κ2) is 7.20. The van der Waals surface area contributed by atoms with Gasteiger partial charge in [0.1, 0.15) is 0 Å². The van der Waals surface area contributed by atoms with Gasteiger partial charge in [0.05, 0.1) is 11.1 Å². The molecular formula is C21H30N2O3. The average Bonchev–Trinajstić information content (AvgIpc) is 2.62. The second-order valence-electron chi connectivity index (χ2n) is 8.27. The normalized spacial score (nSPS) is 30.4. The number of ether oxygens (including phenoxy) is 2. The third-order valence-electron chi connectivity index (χ3n) is 6.36. The molecule has 0 aromatic heterocycles. The number of urea groups is 1. The lowest BCUT2D eigenvalue weighted by Crippen LogP contribution is -2.55. The summed E-state index contributed by atoms with van der Waals surface area (Å²) in [6.45, 7) is 4.38. The van der Waals surface area contributed by atoms with Crippen LogP contribution >= 0.6 is 0 Å². The highest BCUT2D eigenvalue weighted by atomic mass is 16.5. The molecule has 1 spiro atoms. The van der Waals surface area contributed by atoms with E-state index in [1.807, 2.05) is 0 Å². The standard InChI is InChI=1S/C21H30N2O3/c1-20(9-4-6-16-5-2-3-7-18(16)20)23-19(24)22-17-8-12-26-21(15-17)10-13-25-14-11-21/h2-3,5,7,17H,4,6,8-15H2,1H3,(H2,22,23,24). The predicted octanol–water partition coefficient (Wildman–Crippen LogP) is 3.27. The topological polar surface area (TPSA) is 59.6 Å². The van der Waals surface area contributed by atoms with Crippen LogP contribution in [0.4, 0.5) is 4.79 Å². The quantitative estimate of drug-likeness (QED) is 0.853. The lowest BCUT2D eigenvalue weighted by molar-refractivity contribution is -0.139. The van der Waals surface area contributed by atoms with Gasteiger partial charge in [-0.2, -0.15) is 0 Å². The number of aryl methyl sites for hydroxylation is 1. The van der Waals surface area contributed by atoms with Crippen LogP contribution in [0.25, 0.3) is 0 Å². The lowest BCUT2D eigenvalue weighted by Gasteiger charge is -2.44. The van der Waals surface area contributed by atoms with Crippen molar-refractivity contribution < 1.29 is 14.3 Å². The number of hydrogen-bond donors (Lipinski definition) is 2. The number of fused-ring (bicyclic) bond motifs is 1. The van der Waals surface area contributed by atoms with Crippen molar-refractivity contribution in [1.82, 2.24) is 10.6 Å². The molecule has 4 rings (SSSR count). The van der Waals surface area contributed by atoms with Crippen LogP contribution in [0.1, 0.15) is 56.6 Å². The predicted molar refractivity (Wildman–Crippen MR) is 100 cm³/mol. The van der Waals surface area contributed by atoms with E-state index in [9.17, 15) is 4.79 Å². The Morgan fingerprint density at radius 3 is 2.81 bits per heavy atom. The maximum atomic E-state index is 12.8. The third kappa shape index (κ3) is 3.60. The fraction of sp³-hybridized carbons (Fsp3) is 0.667. The van der Waals surface area contributed by atoms with Gasteiger partial charge in [-0.25, -0.2) is 4.79 Å². The van der Waals surface area contributed by atoms with Gasteiger partial charge in [0, 0.05) is 25.9 Å². The first-order valence-electron chi connectivity index (χ1n) is 9.97. The molecule has 3 aliphatic rings. The Balaban J connectivity index is 1.40. The summed E-state index contributed by atoms with van der Waals surface area (Å²) in [6, 6.07) is 8.59. The highest BCUT2D eigenvalue weighted by molar-refractivity contribution is 5.75. The van der Waals surface area contributed by atoms with Crippen molar-refractivity contribution in [1.29, 1.82) is 0 Å². The summed E-state index contributed by atoms with van der Waals surface area (Å²) in [6.07, 6.45) is 6.80. The summed E-state index contributed by atoms with van der Waals surface area (Å²) >= 11 is 0. The first-order valence-corrected chi connectivity index (χ1v) is 9.97.